The van der Waals surface area contributed by atoms with Gasteiger partial charge in [0.05, 0.1) is 0 Å². The number of pyridine rings is 1. The van der Waals surface area contributed by atoms with Gasteiger partial charge >= 0.3 is 0 Å². The van der Waals surface area contributed by atoms with Crippen LogP contribution in [-0.4, -0.2) is 6.61 Å². The van der Waals surface area contributed by atoms with E-state index >= 15 is 0 Å². The van der Waals surface area contributed by atoms with Crippen molar-refractivity contribution >= 4 is 15.9 Å². The molecule has 1 aromatic rings. The minimum absolute atomic E-state index is 0.677. The second-order valence-electron chi connectivity index (χ2n) is 4.09. The van der Waals surface area contributed by atoms with E-state index in [1.165, 1.54) is 25.7 Å². The number of rotatable bonds is 7. The zero-order valence-electron chi connectivity index (χ0n) is 10.2. The Morgan fingerprint density at radius 3 is 2.56 bits per heavy atom. The van der Waals surface area contributed by atoms with Gasteiger partial charge in [-0.25, -0.2) is 0 Å². The molecule has 0 saturated carbocycles. The molecule has 2 nitrogen and oxygen atoms in total. The Hall–Kier alpha value is -0.570. The molecule has 1 heterocycles. The van der Waals surface area contributed by atoms with Crippen LogP contribution in [0.25, 0.3) is 0 Å². The highest BCUT2D eigenvalue weighted by Crippen LogP contribution is 2.11. The summed E-state index contributed by atoms with van der Waals surface area (Å²) in [5.74, 6) is 0.677. The maximum absolute atomic E-state index is 5.71. The topological polar surface area (TPSA) is 13.1 Å². The molecule has 0 saturated heterocycles. The van der Waals surface area contributed by atoms with Crippen molar-refractivity contribution < 1.29 is 9.57 Å². The van der Waals surface area contributed by atoms with Crippen molar-refractivity contribution in [3.05, 3.63) is 29.0 Å². The van der Waals surface area contributed by atoms with Gasteiger partial charge in [0.15, 0.2) is 6.61 Å². The van der Waals surface area contributed by atoms with E-state index in [9.17, 15) is 0 Å². The van der Waals surface area contributed by atoms with Crippen molar-refractivity contribution in [3.8, 4) is 0 Å². The number of unbranched alkanes of at least 4 members (excludes halogenated alkanes) is 1. The number of hydrogen-bond acceptors (Lipinski definition) is 1. The SMILES string of the molecule is CCCCC(CC)CO[n+]1ccc(Br)cc1. The monoisotopic (exact) mass is 286 g/mol. The summed E-state index contributed by atoms with van der Waals surface area (Å²) < 4.78 is 2.85. The first-order valence-corrected chi connectivity index (χ1v) is 6.85. The summed E-state index contributed by atoms with van der Waals surface area (Å²) in [7, 11) is 0. The largest absolute Gasteiger partial charge is 0.271 e. The van der Waals surface area contributed by atoms with E-state index in [0.29, 0.717) is 5.92 Å². The lowest BCUT2D eigenvalue weighted by Gasteiger charge is -2.11. The van der Waals surface area contributed by atoms with Gasteiger partial charge < -0.3 is 0 Å². The Kier molecular flexibility index (Phi) is 6.46. The maximum atomic E-state index is 5.71. The third-order valence-electron chi connectivity index (χ3n) is 2.76. The standard InChI is InChI=1S/C13H21BrNO/c1-3-5-6-12(4-2)11-16-15-9-7-13(14)8-10-15/h7-10,12H,3-6,11H2,1-2H3/q+1. The second kappa shape index (κ2) is 7.66. The lowest BCUT2D eigenvalue weighted by Crippen LogP contribution is -2.43. The molecule has 1 aromatic heterocycles. The Balaban J connectivity index is 2.34. The molecule has 0 N–H and O–H groups in total. The molecule has 16 heavy (non-hydrogen) atoms. The number of nitrogens with zero attached hydrogens (tertiary/aromatic N) is 1. The summed E-state index contributed by atoms with van der Waals surface area (Å²) in [6.45, 7) is 5.27. The second-order valence-corrected chi connectivity index (χ2v) is 5.00. The van der Waals surface area contributed by atoms with Crippen LogP contribution in [0.5, 0.6) is 0 Å². The molecule has 1 atom stereocenters. The number of halogens is 1. The molecule has 0 amide bonds. The summed E-state index contributed by atoms with van der Waals surface area (Å²) in [6.07, 6.45) is 8.88. The van der Waals surface area contributed by atoms with Gasteiger partial charge in [-0.1, -0.05) is 42.6 Å². The Morgan fingerprint density at radius 1 is 1.31 bits per heavy atom. The van der Waals surface area contributed by atoms with Gasteiger partial charge in [-0.15, -0.1) is 0 Å². The molecule has 0 aliphatic heterocycles. The van der Waals surface area contributed by atoms with Gasteiger partial charge in [0, 0.05) is 21.3 Å². The van der Waals surface area contributed by atoms with Crippen LogP contribution in [0, 0.1) is 5.92 Å². The van der Waals surface area contributed by atoms with Crippen LogP contribution in [0.2, 0.25) is 0 Å². The normalized spacial score (nSPS) is 12.4. The van der Waals surface area contributed by atoms with E-state index in [-0.39, 0.29) is 0 Å². The summed E-state index contributed by atoms with van der Waals surface area (Å²) in [4.78, 5) is 5.71. The number of hydrogen-bond donors (Lipinski definition) is 0. The van der Waals surface area contributed by atoms with Gasteiger partial charge in [0.1, 0.15) is 0 Å². The van der Waals surface area contributed by atoms with Crippen molar-refractivity contribution in [2.24, 2.45) is 5.92 Å². The van der Waals surface area contributed by atoms with E-state index in [1.54, 1.807) is 4.73 Å². The first-order chi connectivity index (χ1) is 7.76. The molecule has 0 aliphatic rings. The third-order valence-corrected chi connectivity index (χ3v) is 3.29. The van der Waals surface area contributed by atoms with Crippen LogP contribution in [0.15, 0.2) is 29.0 Å². The van der Waals surface area contributed by atoms with E-state index in [4.69, 9.17) is 4.84 Å². The quantitative estimate of drug-likeness (QED) is 0.701. The molecule has 1 rings (SSSR count). The highest BCUT2D eigenvalue weighted by Gasteiger charge is 2.10. The van der Waals surface area contributed by atoms with Gasteiger partial charge in [0.25, 0.3) is 0 Å². The fraction of sp³-hybridized carbons (Fsp3) is 0.615. The van der Waals surface area contributed by atoms with Gasteiger partial charge in [-0.3, -0.25) is 4.84 Å². The smallest absolute Gasteiger partial charge is 0.223 e. The molecule has 0 aromatic carbocycles. The molecule has 0 radical (unpaired) electrons. The predicted octanol–water partition coefficient (Wildman–Crippen LogP) is 3.38. The van der Waals surface area contributed by atoms with Crippen molar-refractivity contribution in [2.75, 3.05) is 6.61 Å². The molecule has 0 bridgehead atoms. The van der Waals surface area contributed by atoms with Crippen molar-refractivity contribution in [2.45, 2.75) is 39.5 Å². The fourth-order valence-electron chi connectivity index (χ4n) is 1.57. The summed E-state index contributed by atoms with van der Waals surface area (Å²) in [5.41, 5.74) is 0. The lowest BCUT2D eigenvalue weighted by atomic mass is 10.0. The van der Waals surface area contributed by atoms with Crippen LogP contribution < -0.4 is 9.57 Å². The van der Waals surface area contributed by atoms with E-state index in [0.717, 1.165) is 11.1 Å². The maximum Gasteiger partial charge on any atom is 0.223 e. The van der Waals surface area contributed by atoms with Gasteiger partial charge in [0.2, 0.25) is 12.4 Å². The van der Waals surface area contributed by atoms with Crippen LogP contribution in [0.3, 0.4) is 0 Å². The average molecular weight is 287 g/mol. The Morgan fingerprint density at radius 2 is 2.00 bits per heavy atom. The molecule has 0 fully saturated rings. The van der Waals surface area contributed by atoms with Crippen LogP contribution in [0.1, 0.15) is 39.5 Å². The third kappa shape index (κ3) is 4.97. The number of aromatic nitrogens is 1. The molecular formula is C13H21BrNO+. The van der Waals surface area contributed by atoms with Crippen molar-refractivity contribution in [3.63, 3.8) is 0 Å². The van der Waals surface area contributed by atoms with Crippen molar-refractivity contribution in [1.82, 2.24) is 0 Å². The van der Waals surface area contributed by atoms with Crippen LogP contribution in [-0.2, 0) is 0 Å². The van der Waals surface area contributed by atoms with Crippen LogP contribution >= 0.6 is 15.9 Å². The average Bonchev–Trinajstić information content (AvgIpc) is 2.32. The molecule has 0 spiro atoms. The predicted molar refractivity (Wildman–Crippen MR) is 69.1 cm³/mol. The highest BCUT2D eigenvalue weighted by atomic mass is 79.9. The van der Waals surface area contributed by atoms with Gasteiger partial charge in [-0.2, -0.15) is 0 Å². The summed E-state index contributed by atoms with van der Waals surface area (Å²) >= 11 is 3.40. The molecule has 1 unspecified atom stereocenters. The molecular weight excluding hydrogens is 266 g/mol. The summed E-state index contributed by atoms with van der Waals surface area (Å²) in [6, 6.07) is 3.96. The first-order valence-electron chi connectivity index (χ1n) is 6.06. The zero-order valence-corrected chi connectivity index (χ0v) is 11.7. The Bertz CT molecular complexity index is 286. The molecule has 0 aliphatic carbocycles. The van der Waals surface area contributed by atoms with Crippen molar-refractivity contribution in [1.29, 1.82) is 0 Å². The van der Waals surface area contributed by atoms with E-state index < -0.39 is 0 Å². The van der Waals surface area contributed by atoms with E-state index in [2.05, 4.69) is 29.8 Å². The van der Waals surface area contributed by atoms with E-state index in [1.807, 2.05) is 24.5 Å². The minimum atomic E-state index is 0.677. The van der Waals surface area contributed by atoms with Crippen LogP contribution in [0.4, 0.5) is 0 Å². The lowest BCUT2D eigenvalue weighted by molar-refractivity contribution is -0.892. The highest BCUT2D eigenvalue weighted by molar-refractivity contribution is 9.10. The zero-order chi connectivity index (χ0) is 11.8. The molecule has 3 heteroatoms. The summed E-state index contributed by atoms with van der Waals surface area (Å²) in [5, 5.41) is 0. The van der Waals surface area contributed by atoms with Gasteiger partial charge in [-0.05, 0) is 18.8 Å². The minimum Gasteiger partial charge on any atom is -0.271 e. The first kappa shape index (κ1) is 13.5. The fourth-order valence-corrected chi connectivity index (χ4v) is 1.81. The molecule has 90 valence electrons. The Labute approximate surface area is 107 Å².